The van der Waals surface area contributed by atoms with Crippen LogP contribution in [0.3, 0.4) is 0 Å². The Morgan fingerprint density at radius 1 is 1.28 bits per heavy atom. The topological polar surface area (TPSA) is 45.0 Å². The second-order valence-corrected chi connectivity index (χ2v) is 4.94. The lowest BCUT2D eigenvalue weighted by atomic mass is 9.98. The van der Waals surface area contributed by atoms with Gasteiger partial charge in [0.15, 0.2) is 0 Å². The van der Waals surface area contributed by atoms with Gasteiger partial charge in [-0.15, -0.1) is 0 Å². The van der Waals surface area contributed by atoms with Gasteiger partial charge >= 0.3 is 6.18 Å². The minimum atomic E-state index is -4.16. The number of nitrogens with one attached hydrogen (secondary N) is 1. The molecule has 0 aromatic heterocycles. The summed E-state index contributed by atoms with van der Waals surface area (Å²) < 4.78 is 40.4. The molecule has 3 nitrogen and oxygen atoms in total. The molecule has 0 heterocycles. The molecular formula is C12H19F3N2O. The van der Waals surface area contributed by atoms with Gasteiger partial charge in [0.05, 0.1) is 19.1 Å². The number of nitrogens with zero attached hydrogens (tertiary/aromatic N) is 1. The van der Waals surface area contributed by atoms with Crippen molar-refractivity contribution >= 4 is 0 Å². The third-order valence-electron chi connectivity index (χ3n) is 2.84. The zero-order valence-electron chi connectivity index (χ0n) is 10.5. The third kappa shape index (κ3) is 6.82. The molecular weight excluding hydrogens is 245 g/mol. The molecule has 0 radical (unpaired) electrons. The second kappa shape index (κ2) is 6.39. The molecule has 0 bridgehead atoms. The summed E-state index contributed by atoms with van der Waals surface area (Å²) in [7, 11) is 0. The number of hydrogen-bond donors (Lipinski definition) is 1. The van der Waals surface area contributed by atoms with Gasteiger partial charge in [-0.05, 0) is 32.6 Å². The quantitative estimate of drug-likeness (QED) is 0.686. The highest BCUT2D eigenvalue weighted by molar-refractivity contribution is 5.06. The fourth-order valence-electron chi connectivity index (χ4n) is 1.66. The van der Waals surface area contributed by atoms with Gasteiger partial charge in [-0.2, -0.15) is 18.4 Å². The van der Waals surface area contributed by atoms with Crippen LogP contribution in [0.2, 0.25) is 0 Å². The molecule has 0 aromatic carbocycles. The van der Waals surface area contributed by atoms with Crippen molar-refractivity contribution in [3.05, 3.63) is 0 Å². The van der Waals surface area contributed by atoms with E-state index < -0.39 is 18.1 Å². The first-order chi connectivity index (χ1) is 8.35. The van der Waals surface area contributed by atoms with E-state index in [1.807, 2.05) is 6.92 Å². The molecule has 0 spiro atoms. The summed E-state index contributed by atoms with van der Waals surface area (Å²) >= 11 is 0. The molecule has 6 heteroatoms. The molecule has 0 aromatic rings. The highest BCUT2D eigenvalue weighted by Crippen LogP contribution is 2.24. The summed E-state index contributed by atoms with van der Waals surface area (Å²) in [5.74, 6) is 0. The van der Waals surface area contributed by atoms with Crippen molar-refractivity contribution in [1.29, 1.82) is 5.26 Å². The number of alkyl halides is 3. The van der Waals surface area contributed by atoms with E-state index in [2.05, 4.69) is 11.4 Å². The van der Waals surface area contributed by atoms with Crippen LogP contribution in [-0.2, 0) is 4.74 Å². The lowest BCUT2D eigenvalue weighted by Gasteiger charge is -2.23. The lowest BCUT2D eigenvalue weighted by Crippen LogP contribution is -2.42. The smallest absolute Gasteiger partial charge is 0.381 e. The Balaban J connectivity index is 2.07. The molecule has 18 heavy (non-hydrogen) atoms. The number of nitriles is 1. The van der Waals surface area contributed by atoms with E-state index in [0.29, 0.717) is 18.9 Å². The van der Waals surface area contributed by atoms with Crippen LogP contribution in [-0.4, -0.2) is 31.0 Å². The van der Waals surface area contributed by atoms with Crippen LogP contribution in [0.4, 0.5) is 13.2 Å². The molecule has 1 aliphatic carbocycles. The lowest BCUT2D eigenvalue weighted by molar-refractivity contribution is -0.145. The van der Waals surface area contributed by atoms with Crippen LogP contribution in [0.15, 0.2) is 0 Å². The van der Waals surface area contributed by atoms with Crippen molar-refractivity contribution in [2.45, 2.75) is 56.8 Å². The Morgan fingerprint density at radius 2 is 1.94 bits per heavy atom. The summed E-state index contributed by atoms with van der Waals surface area (Å²) in [5.41, 5.74) is -0.589. The Labute approximate surface area is 105 Å². The third-order valence-corrected chi connectivity index (χ3v) is 2.84. The Morgan fingerprint density at radius 3 is 2.44 bits per heavy atom. The van der Waals surface area contributed by atoms with Crippen LogP contribution < -0.4 is 5.32 Å². The van der Waals surface area contributed by atoms with Crippen LogP contribution >= 0.6 is 0 Å². The molecule has 0 aliphatic heterocycles. The van der Waals surface area contributed by atoms with Crippen molar-refractivity contribution in [2.75, 3.05) is 13.2 Å². The molecule has 104 valence electrons. The fourth-order valence-corrected chi connectivity index (χ4v) is 1.66. The maximum atomic E-state index is 11.8. The fraction of sp³-hybridized carbons (Fsp3) is 0.917. The van der Waals surface area contributed by atoms with E-state index in [-0.39, 0.29) is 13.2 Å². The molecule has 0 saturated heterocycles. The normalized spacial score (nSPS) is 19.3. The highest BCUT2D eigenvalue weighted by Gasteiger charge is 2.32. The number of hydrogen-bond acceptors (Lipinski definition) is 3. The second-order valence-electron chi connectivity index (χ2n) is 4.94. The minimum absolute atomic E-state index is 0.264. The summed E-state index contributed by atoms with van der Waals surface area (Å²) in [5, 5.41) is 12.3. The van der Waals surface area contributed by atoms with E-state index in [1.165, 1.54) is 0 Å². The monoisotopic (exact) mass is 264 g/mol. The first-order valence-corrected chi connectivity index (χ1v) is 6.18. The first kappa shape index (κ1) is 15.3. The van der Waals surface area contributed by atoms with E-state index in [9.17, 15) is 13.2 Å². The summed E-state index contributed by atoms with van der Waals surface area (Å²) in [6, 6.07) is 2.65. The largest absolute Gasteiger partial charge is 0.391 e. The summed E-state index contributed by atoms with van der Waals surface area (Å²) in [4.78, 5) is 0. The molecule has 1 aliphatic rings. The van der Waals surface area contributed by atoms with Gasteiger partial charge in [0, 0.05) is 12.6 Å². The van der Waals surface area contributed by atoms with Crippen molar-refractivity contribution < 1.29 is 17.9 Å². The van der Waals surface area contributed by atoms with E-state index in [1.54, 1.807) is 0 Å². The van der Waals surface area contributed by atoms with Gasteiger partial charge in [0.1, 0.15) is 5.54 Å². The zero-order valence-corrected chi connectivity index (χ0v) is 10.5. The van der Waals surface area contributed by atoms with Gasteiger partial charge in [0.25, 0.3) is 0 Å². The van der Waals surface area contributed by atoms with E-state index in [4.69, 9.17) is 10.00 Å². The Bertz CT molecular complexity index is 297. The van der Waals surface area contributed by atoms with Crippen molar-refractivity contribution in [2.24, 2.45) is 0 Å². The predicted octanol–water partition coefficient (Wildman–Crippen LogP) is 2.77. The van der Waals surface area contributed by atoms with Crippen LogP contribution in [0.25, 0.3) is 0 Å². The first-order valence-electron chi connectivity index (χ1n) is 6.18. The average Bonchev–Trinajstić information content (AvgIpc) is 3.05. The number of rotatable bonds is 8. The van der Waals surface area contributed by atoms with Crippen LogP contribution in [0.1, 0.15) is 39.0 Å². The Hall–Kier alpha value is -0.800. The molecule has 1 unspecified atom stereocenters. The molecule has 1 fully saturated rings. The number of halogens is 3. The van der Waals surface area contributed by atoms with Crippen molar-refractivity contribution in [3.63, 3.8) is 0 Å². The summed E-state index contributed by atoms with van der Waals surface area (Å²) in [6.45, 7) is 1.78. The SMILES string of the molecule is CC(C#N)(CCCOCCC(F)(F)F)NC1CC1. The molecule has 1 saturated carbocycles. The van der Waals surface area contributed by atoms with Crippen LogP contribution in [0, 0.1) is 11.3 Å². The molecule has 0 amide bonds. The van der Waals surface area contributed by atoms with E-state index >= 15 is 0 Å². The standard InChI is InChI=1S/C12H19F3N2O/c1-11(9-16,17-10-3-4-10)5-2-7-18-8-6-12(13,14)15/h10,17H,2-8H2,1H3. The van der Waals surface area contributed by atoms with E-state index in [0.717, 1.165) is 12.8 Å². The maximum absolute atomic E-state index is 11.8. The average molecular weight is 264 g/mol. The van der Waals surface area contributed by atoms with Crippen LogP contribution in [0.5, 0.6) is 0 Å². The van der Waals surface area contributed by atoms with Crippen molar-refractivity contribution in [1.82, 2.24) is 5.32 Å². The van der Waals surface area contributed by atoms with Gasteiger partial charge in [-0.1, -0.05) is 0 Å². The zero-order chi connectivity index (χ0) is 13.6. The van der Waals surface area contributed by atoms with Crippen molar-refractivity contribution in [3.8, 4) is 6.07 Å². The van der Waals surface area contributed by atoms with Gasteiger partial charge in [0.2, 0.25) is 0 Å². The Kier molecular flexibility index (Phi) is 5.42. The number of ether oxygens (including phenoxy) is 1. The molecule has 1 N–H and O–H groups in total. The molecule has 1 rings (SSSR count). The predicted molar refractivity (Wildman–Crippen MR) is 60.9 cm³/mol. The molecule has 1 atom stereocenters. The maximum Gasteiger partial charge on any atom is 0.391 e. The highest BCUT2D eigenvalue weighted by atomic mass is 19.4. The van der Waals surface area contributed by atoms with Gasteiger partial charge in [-0.25, -0.2) is 0 Å². The van der Waals surface area contributed by atoms with Gasteiger partial charge < -0.3 is 4.74 Å². The van der Waals surface area contributed by atoms with Gasteiger partial charge in [-0.3, -0.25) is 5.32 Å². The summed E-state index contributed by atoms with van der Waals surface area (Å²) in [6.07, 6.45) is -1.70. The minimum Gasteiger partial charge on any atom is -0.381 e.